The minimum Gasteiger partial charge on any atom is -0.481 e. The molecule has 1 heterocycles. The Morgan fingerprint density at radius 3 is 2.76 bits per heavy atom. The van der Waals surface area contributed by atoms with Crippen molar-refractivity contribution >= 4 is 11.9 Å². The molecule has 1 N–H and O–H groups in total. The van der Waals surface area contributed by atoms with E-state index in [-0.39, 0.29) is 24.2 Å². The van der Waals surface area contributed by atoms with Gasteiger partial charge in [-0.2, -0.15) is 0 Å². The average Bonchev–Trinajstić information content (AvgIpc) is 2.63. The maximum Gasteiger partial charge on any atom is 0.303 e. The Hall–Kier alpha value is -1.06. The van der Waals surface area contributed by atoms with Crippen LogP contribution in [0, 0.1) is 11.3 Å². The van der Waals surface area contributed by atoms with Crippen LogP contribution in [0.5, 0.6) is 0 Å². The highest BCUT2D eigenvalue weighted by molar-refractivity contribution is 5.81. The van der Waals surface area contributed by atoms with Gasteiger partial charge in [0.1, 0.15) is 0 Å². The first kappa shape index (κ1) is 12.4. The molecule has 0 aromatic carbocycles. The number of hydrogen-bond donors (Lipinski definition) is 1. The monoisotopic (exact) mass is 239 g/mol. The first-order valence-corrected chi connectivity index (χ1v) is 6.51. The van der Waals surface area contributed by atoms with Crippen LogP contribution in [0.4, 0.5) is 0 Å². The van der Waals surface area contributed by atoms with Crippen molar-refractivity contribution < 1.29 is 14.7 Å². The van der Waals surface area contributed by atoms with Gasteiger partial charge in [-0.1, -0.05) is 19.8 Å². The number of hydrogen-bond acceptors (Lipinski definition) is 2. The number of carboxylic acid groups (broad SMARTS) is 1. The van der Waals surface area contributed by atoms with Crippen molar-refractivity contribution in [2.24, 2.45) is 11.3 Å². The predicted octanol–water partition coefficient (Wildman–Crippen LogP) is 1.89. The van der Waals surface area contributed by atoms with E-state index in [2.05, 4.69) is 6.92 Å². The molecule has 0 spiro atoms. The molecule has 2 atom stereocenters. The molecule has 1 saturated carbocycles. The first-order valence-electron chi connectivity index (χ1n) is 6.51. The summed E-state index contributed by atoms with van der Waals surface area (Å²) in [6.45, 7) is 3.95. The molecular weight excluding hydrogens is 218 g/mol. The van der Waals surface area contributed by atoms with Crippen LogP contribution < -0.4 is 0 Å². The molecule has 4 heteroatoms. The van der Waals surface area contributed by atoms with Gasteiger partial charge in [0.05, 0.1) is 6.42 Å². The van der Waals surface area contributed by atoms with Crippen molar-refractivity contribution in [1.82, 2.24) is 4.90 Å². The number of carbonyl (C=O) groups is 2. The van der Waals surface area contributed by atoms with Crippen LogP contribution in [0.2, 0.25) is 0 Å². The molecule has 0 aromatic rings. The Morgan fingerprint density at radius 2 is 2.12 bits per heavy atom. The SMILES string of the molecule is C[C@@]12CCCC[C@@H]1CN(C(=O)CCC(=O)O)C2. The largest absolute Gasteiger partial charge is 0.481 e. The molecule has 0 radical (unpaired) electrons. The van der Waals surface area contributed by atoms with Gasteiger partial charge in [-0.05, 0) is 24.2 Å². The lowest BCUT2D eigenvalue weighted by molar-refractivity contribution is -0.140. The Balaban J connectivity index is 1.92. The fourth-order valence-corrected chi connectivity index (χ4v) is 3.32. The highest BCUT2D eigenvalue weighted by atomic mass is 16.4. The second-order valence-electron chi connectivity index (χ2n) is 5.76. The van der Waals surface area contributed by atoms with Crippen LogP contribution in [-0.2, 0) is 9.59 Å². The van der Waals surface area contributed by atoms with Crippen LogP contribution >= 0.6 is 0 Å². The molecule has 4 nitrogen and oxygen atoms in total. The number of fused-ring (bicyclic) bond motifs is 1. The third-order valence-corrected chi connectivity index (χ3v) is 4.43. The summed E-state index contributed by atoms with van der Waals surface area (Å²) in [7, 11) is 0. The second-order valence-corrected chi connectivity index (χ2v) is 5.76. The molecule has 1 saturated heterocycles. The predicted molar refractivity (Wildman–Crippen MR) is 63.5 cm³/mol. The van der Waals surface area contributed by atoms with E-state index in [1.807, 2.05) is 4.90 Å². The molecule has 1 aliphatic heterocycles. The zero-order chi connectivity index (χ0) is 12.5. The minimum absolute atomic E-state index is 0.0167. The molecule has 2 fully saturated rings. The summed E-state index contributed by atoms with van der Waals surface area (Å²) in [6.07, 6.45) is 5.08. The van der Waals surface area contributed by atoms with Gasteiger partial charge in [0.2, 0.25) is 5.91 Å². The lowest BCUT2D eigenvalue weighted by Gasteiger charge is -2.34. The summed E-state index contributed by atoms with van der Waals surface area (Å²) < 4.78 is 0. The number of likely N-dealkylation sites (tertiary alicyclic amines) is 1. The topological polar surface area (TPSA) is 57.6 Å². The molecule has 17 heavy (non-hydrogen) atoms. The van der Waals surface area contributed by atoms with Gasteiger partial charge < -0.3 is 10.0 Å². The lowest BCUT2D eigenvalue weighted by Crippen LogP contribution is -2.32. The van der Waals surface area contributed by atoms with Gasteiger partial charge in [-0.3, -0.25) is 9.59 Å². The highest BCUT2D eigenvalue weighted by Gasteiger charge is 2.45. The average molecular weight is 239 g/mol. The number of rotatable bonds is 3. The fourth-order valence-electron chi connectivity index (χ4n) is 3.32. The van der Waals surface area contributed by atoms with Crippen molar-refractivity contribution in [1.29, 1.82) is 0 Å². The third kappa shape index (κ3) is 2.61. The molecule has 2 aliphatic rings. The van der Waals surface area contributed by atoms with E-state index in [4.69, 9.17) is 5.11 Å². The summed E-state index contributed by atoms with van der Waals surface area (Å²) in [4.78, 5) is 24.2. The van der Waals surface area contributed by atoms with Gasteiger partial charge in [-0.15, -0.1) is 0 Å². The molecule has 0 aromatic heterocycles. The van der Waals surface area contributed by atoms with Crippen molar-refractivity contribution in [3.05, 3.63) is 0 Å². The minimum atomic E-state index is -0.888. The van der Waals surface area contributed by atoms with E-state index in [1.165, 1.54) is 25.7 Å². The molecule has 1 amide bonds. The van der Waals surface area contributed by atoms with E-state index in [1.54, 1.807) is 0 Å². The van der Waals surface area contributed by atoms with E-state index < -0.39 is 5.97 Å². The van der Waals surface area contributed by atoms with Gasteiger partial charge in [0, 0.05) is 19.5 Å². The van der Waals surface area contributed by atoms with Crippen molar-refractivity contribution in [2.75, 3.05) is 13.1 Å². The summed E-state index contributed by atoms with van der Waals surface area (Å²) in [5, 5.41) is 8.59. The van der Waals surface area contributed by atoms with Crippen LogP contribution in [0.15, 0.2) is 0 Å². The van der Waals surface area contributed by atoms with E-state index >= 15 is 0 Å². The van der Waals surface area contributed by atoms with Crippen LogP contribution in [-0.4, -0.2) is 35.0 Å². The maximum atomic E-state index is 11.9. The van der Waals surface area contributed by atoms with Crippen molar-refractivity contribution in [2.45, 2.75) is 45.4 Å². The second kappa shape index (κ2) is 4.67. The highest BCUT2D eigenvalue weighted by Crippen LogP contribution is 2.46. The molecule has 2 rings (SSSR count). The molecular formula is C13H21NO3. The number of amides is 1. The first-order chi connectivity index (χ1) is 8.01. The number of aliphatic carboxylic acids is 1. The van der Waals surface area contributed by atoms with E-state index in [0.29, 0.717) is 5.92 Å². The summed E-state index contributed by atoms with van der Waals surface area (Å²) in [5.41, 5.74) is 0.289. The number of carbonyl (C=O) groups excluding carboxylic acids is 1. The van der Waals surface area contributed by atoms with Gasteiger partial charge in [0.15, 0.2) is 0 Å². The van der Waals surface area contributed by atoms with E-state index in [0.717, 1.165) is 13.1 Å². The van der Waals surface area contributed by atoms with Crippen molar-refractivity contribution in [3.8, 4) is 0 Å². The maximum absolute atomic E-state index is 11.9. The quantitative estimate of drug-likeness (QED) is 0.818. The summed E-state index contributed by atoms with van der Waals surface area (Å²) in [5.74, 6) is -0.241. The smallest absolute Gasteiger partial charge is 0.303 e. The van der Waals surface area contributed by atoms with Crippen molar-refractivity contribution in [3.63, 3.8) is 0 Å². The van der Waals surface area contributed by atoms with Gasteiger partial charge >= 0.3 is 5.97 Å². The van der Waals surface area contributed by atoms with E-state index in [9.17, 15) is 9.59 Å². The lowest BCUT2D eigenvalue weighted by atomic mass is 9.70. The standard InChI is InChI=1S/C13H21NO3/c1-13-7-3-2-4-10(13)8-14(9-13)11(15)5-6-12(16)17/h10H,2-9H2,1H3,(H,16,17)/t10-,13+/m1/s1. The molecule has 96 valence electrons. The zero-order valence-corrected chi connectivity index (χ0v) is 10.4. The normalized spacial score (nSPS) is 32.3. The molecule has 1 aliphatic carbocycles. The number of carboxylic acids is 1. The van der Waals surface area contributed by atoms with Gasteiger partial charge in [0.25, 0.3) is 0 Å². The Kier molecular flexibility index (Phi) is 3.40. The van der Waals surface area contributed by atoms with Gasteiger partial charge in [-0.25, -0.2) is 0 Å². The summed E-state index contributed by atoms with van der Waals surface area (Å²) in [6, 6.07) is 0. The van der Waals surface area contributed by atoms with Crippen LogP contribution in [0.1, 0.15) is 45.4 Å². The molecule has 0 bridgehead atoms. The fraction of sp³-hybridized carbons (Fsp3) is 0.846. The molecule has 0 unspecified atom stereocenters. The zero-order valence-electron chi connectivity index (χ0n) is 10.4. The summed E-state index contributed by atoms with van der Waals surface area (Å²) >= 11 is 0. The third-order valence-electron chi connectivity index (χ3n) is 4.43. The Morgan fingerprint density at radius 1 is 1.35 bits per heavy atom. The number of nitrogens with zero attached hydrogens (tertiary/aromatic N) is 1. The Labute approximate surface area is 102 Å². The van der Waals surface area contributed by atoms with Crippen LogP contribution in [0.25, 0.3) is 0 Å². The van der Waals surface area contributed by atoms with Crippen LogP contribution in [0.3, 0.4) is 0 Å². The Bertz CT molecular complexity index is 329.